The van der Waals surface area contributed by atoms with Crippen molar-refractivity contribution in [1.29, 1.82) is 0 Å². The molecule has 11 heteroatoms. The van der Waals surface area contributed by atoms with Crippen LogP contribution in [0.15, 0.2) is 73.1 Å². The van der Waals surface area contributed by atoms with E-state index in [9.17, 15) is 19.7 Å². The third kappa shape index (κ3) is 5.20. The summed E-state index contributed by atoms with van der Waals surface area (Å²) in [5.74, 6) is -0.223. The fourth-order valence-electron chi connectivity index (χ4n) is 6.43. The van der Waals surface area contributed by atoms with Crippen LogP contribution < -0.4 is 16.0 Å². The van der Waals surface area contributed by atoms with Gasteiger partial charge in [-0.05, 0) is 56.0 Å². The summed E-state index contributed by atoms with van der Waals surface area (Å²) >= 11 is 0. The summed E-state index contributed by atoms with van der Waals surface area (Å²) in [6.45, 7) is 4.74. The van der Waals surface area contributed by atoms with Gasteiger partial charge in [-0.1, -0.05) is 36.4 Å². The summed E-state index contributed by atoms with van der Waals surface area (Å²) < 4.78 is 0. The molecule has 1 atom stereocenters. The Morgan fingerprint density at radius 1 is 1.12 bits per heavy atom. The number of piperidine rings is 1. The van der Waals surface area contributed by atoms with Gasteiger partial charge in [-0.3, -0.25) is 19.7 Å². The largest absolute Gasteiger partial charge is 0.361 e. The predicted molar refractivity (Wildman–Crippen MR) is 164 cm³/mol. The number of hydrogen-bond donors (Lipinski definition) is 3. The third-order valence-electron chi connectivity index (χ3n) is 8.77. The van der Waals surface area contributed by atoms with Crippen LogP contribution in [0.2, 0.25) is 0 Å². The number of fused-ring (bicyclic) bond motifs is 3. The zero-order valence-corrected chi connectivity index (χ0v) is 24.2. The lowest BCUT2D eigenvalue weighted by molar-refractivity contribution is -0.384. The van der Waals surface area contributed by atoms with Gasteiger partial charge in [0, 0.05) is 66.5 Å². The maximum atomic E-state index is 14.0. The number of hydrogen-bond acceptors (Lipinski definition) is 7. The van der Waals surface area contributed by atoms with Gasteiger partial charge in [-0.2, -0.15) is 0 Å². The molecule has 1 fully saturated rings. The monoisotopic (exact) mass is 581 g/mol. The van der Waals surface area contributed by atoms with E-state index in [0.717, 1.165) is 27.7 Å². The van der Waals surface area contributed by atoms with Gasteiger partial charge in [0.2, 0.25) is 17.6 Å². The maximum Gasteiger partial charge on any atom is 0.311 e. The number of carbonyl (C=O) groups excluding carboxylic acids is 2. The Kier molecular flexibility index (Phi) is 7.13. The molecule has 0 bridgehead atoms. The molecule has 1 saturated heterocycles. The lowest BCUT2D eigenvalue weighted by Gasteiger charge is -2.41. The standard InChI is InChI=1S/C32H35N7O4/c1-31(2,33)30(41)36-25(18-21-19-35-24-10-5-3-8-22(21)24)29(40)37-16-13-32(14-17-37)20-38(26-11-6-4-9-23(26)32)28-27(39(42)43)12-7-15-34-28/h3-12,15,19,25,35H,13-14,16-18,20,33H2,1-2H3,(H,36,41)/t25-/m1/s1. The molecule has 2 aliphatic rings. The van der Waals surface area contributed by atoms with Gasteiger partial charge in [0.15, 0.2) is 0 Å². The molecule has 222 valence electrons. The summed E-state index contributed by atoms with van der Waals surface area (Å²) in [6, 6.07) is 18.1. The highest BCUT2D eigenvalue weighted by atomic mass is 16.6. The number of anilines is 2. The van der Waals surface area contributed by atoms with Crippen molar-refractivity contribution in [2.45, 2.75) is 50.1 Å². The van der Waals surface area contributed by atoms with Gasteiger partial charge in [0.05, 0.1) is 10.5 Å². The number of nitro groups is 1. The van der Waals surface area contributed by atoms with Crippen LogP contribution in [0.3, 0.4) is 0 Å². The van der Waals surface area contributed by atoms with Crippen LogP contribution in [-0.2, 0) is 21.4 Å². The molecule has 43 heavy (non-hydrogen) atoms. The molecule has 1 spiro atoms. The Balaban J connectivity index is 1.25. The number of carbonyl (C=O) groups is 2. The maximum absolute atomic E-state index is 14.0. The molecule has 2 amide bonds. The number of benzene rings is 2. The van der Waals surface area contributed by atoms with Crippen molar-refractivity contribution in [2.24, 2.45) is 5.73 Å². The van der Waals surface area contributed by atoms with E-state index in [2.05, 4.69) is 21.4 Å². The Bertz CT molecular complexity index is 1700. The van der Waals surface area contributed by atoms with Crippen molar-refractivity contribution in [3.63, 3.8) is 0 Å². The molecule has 0 radical (unpaired) electrons. The van der Waals surface area contributed by atoms with Gasteiger partial charge in [-0.15, -0.1) is 0 Å². The quantitative estimate of drug-likeness (QED) is 0.221. The zero-order valence-electron chi connectivity index (χ0n) is 24.2. The van der Waals surface area contributed by atoms with E-state index in [1.54, 1.807) is 26.1 Å². The first-order valence-electron chi connectivity index (χ1n) is 14.5. The van der Waals surface area contributed by atoms with E-state index in [1.165, 1.54) is 6.07 Å². The molecule has 0 unspecified atom stereocenters. The third-order valence-corrected chi connectivity index (χ3v) is 8.77. The summed E-state index contributed by atoms with van der Waals surface area (Å²) in [4.78, 5) is 49.8. The van der Waals surface area contributed by atoms with Crippen molar-refractivity contribution < 1.29 is 14.5 Å². The van der Waals surface area contributed by atoms with Gasteiger partial charge in [0.25, 0.3) is 0 Å². The van der Waals surface area contributed by atoms with E-state index < -0.39 is 22.4 Å². The molecule has 0 aliphatic carbocycles. The summed E-state index contributed by atoms with van der Waals surface area (Å²) in [5.41, 5.74) is 8.52. The SMILES string of the molecule is CC(C)(N)C(=O)N[C@H](Cc1c[nH]c2ccccc12)C(=O)N1CCC2(CC1)CN(c1ncccc1[N+](=O)[O-])c1ccccc12. The number of nitrogens with one attached hydrogen (secondary N) is 2. The van der Waals surface area contributed by atoms with Crippen LogP contribution in [0.1, 0.15) is 37.8 Å². The van der Waals surface area contributed by atoms with Gasteiger partial charge < -0.3 is 25.8 Å². The van der Waals surface area contributed by atoms with Crippen molar-refractivity contribution in [3.8, 4) is 0 Å². The Hall–Kier alpha value is -4.77. The second-order valence-corrected chi connectivity index (χ2v) is 12.1. The normalized spacial score (nSPS) is 16.7. The highest BCUT2D eigenvalue weighted by molar-refractivity contribution is 5.92. The first-order valence-corrected chi connectivity index (χ1v) is 14.5. The second-order valence-electron chi connectivity index (χ2n) is 12.1. The fourth-order valence-corrected chi connectivity index (χ4v) is 6.43. The molecule has 0 saturated carbocycles. The van der Waals surface area contributed by atoms with E-state index in [1.807, 2.05) is 58.5 Å². The lowest BCUT2D eigenvalue weighted by atomic mass is 9.74. The number of aromatic nitrogens is 2. The molecule has 11 nitrogen and oxygen atoms in total. The van der Waals surface area contributed by atoms with Gasteiger partial charge in [-0.25, -0.2) is 4.98 Å². The average molecular weight is 582 g/mol. The van der Waals surface area contributed by atoms with Crippen molar-refractivity contribution in [2.75, 3.05) is 24.5 Å². The summed E-state index contributed by atoms with van der Waals surface area (Å²) in [6.07, 6.45) is 5.12. The van der Waals surface area contributed by atoms with Crippen LogP contribution in [0.4, 0.5) is 17.2 Å². The fraction of sp³-hybridized carbons (Fsp3) is 0.344. The van der Waals surface area contributed by atoms with Crippen molar-refractivity contribution in [1.82, 2.24) is 20.2 Å². The molecule has 4 heterocycles. The van der Waals surface area contributed by atoms with Crippen molar-refractivity contribution >= 4 is 39.9 Å². The molecule has 4 N–H and O–H groups in total. The molecular weight excluding hydrogens is 546 g/mol. The first kappa shape index (κ1) is 28.4. The molecule has 4 aromatic rings. The Morgan fingerprint density at radius 2 is 1.84 bits per heavy atom. The number of nitrogens with two attached hydrogens (primary N) is 1. The lowest BCUT2D eigenvalue weighted by Crippen LogP contribution is -2.58. The minimum Gasteiger partial charge on any atom is -0.361 e. The number of H-pyrrole nitrogens is 1. The predicted octanol–water partition coefficient (Wildman–Crippen LogP) is 3.95. The molecule has 6 rings (SSSR count). The number of nitrogens with zero attached hydrogens (tertiary/aromatic N) is 4. The van der Waals surface area contributed by atoms with Crippen LogP contribution in [0, 0.1) is 10.1 Å². The van der Waals surface area contributed by atoms with E-state index >= 15 is 0 Å². The van der Waals surface area contributed by atoms with E-state index in [4.69, 9.17) is 5.73 Å². The minimum absolute atomic E-state index is 0.0411. The number of pyridine rings is 1. The van der Waals surface area contributed by atoms with E-state index in [0.29, 0.717) is 44.7 Å². The van der Waals surface area contributed by atoms with Crippen LogP contribution in [0.25, 0.3) is 10.9 Å². The van der Waals surface area contributed by atoms with Crippen LogP contribution in [-0.4, -0.2) is 62.8 Å². The number of aromatic amines is 1. The number of para-hydroxylation sites is 2. The molecule has 2 aromatic heterocycles. The highest BCUT2D eigenvalue weighted by Crippen LogP contribution is 2.50. The number of rotatable bonds is 7. The average Bonchev–Trinajstić information content (AvgIpc) is 3.55. The minimum atomic E-state index is -1.14. The smallest absolute Gasteiger partial charge is 0.311 e. The van der Waals surface area contributed by atoms with Crippen LogP contribution >= 0.6 is 0 Å². The highest BCUT2D eigenvalue weighted by Gasteiger charge is 2.47. The number of amides is 2. The number of likely N-dealkylation sites (tertiary alicyclic amines) is 1. The summed E-state index contributed by atoms with van der Waals surface area (Å²) in [7, 11) is 0. The van der Waals surface area contributed by atoms with E-state index in [-0.39, 0.29) is 17.0 Å². The second kappa shape index (κ2) is 10.8. The Labute approximate surface area is 249 Å². The van der Waals surface area contributed by atoms with Gasteiger partial charge in [0.1, 0.15) is 6.04 Å². The van der Waals surface area contributed by atoms with Gasteiger partial charge >= 0.3 is 5.69 Å². The molecule has 2 aromatic carbocycles. The zero-order chi connectivity index (χ0) is 30.4. The molecule has 2 aliphatic heterocycles. The van der Waals surface area contributed by atoms with Crippen LogP contribution in [0.5, 0.6) is 0 Å². The Morgan fingerprint density at radius 3 is 2.58 bits per heavy atom. The topological polar surface area (TPSA) is 150 Å². The van der Waals surface area contributed by atoms with Crippen molar-refractivity contribution in [3.05, 3.63) is 94.3 Å². The summed E-state index contributed by atoms with van der Waals surface area (Å²) in [5, 5.41) is 15.8. The molecular formula is C32H35N7O4. The first-order chi connectivity index (χ1) is 20.6.